The molecule has 0 aliphatic rings. The van der Waals surface area contributed by atoms with E-state index in [-0.39, 0.29) is 6.42 Å². The SMILES string of the molecule is NC(=O)CCC(NC(=O)C(CC(=O)O)NC(=O)C(CC(N)=O)NC(=O)C(N)Cc1cnc[nH]1)C(=O)O. The fourth-order valence-electron chi connectivity index (χ4n) is 2.89. The van der Waals surface area contributed by atoms with Gasteiger partial charge in [-0.2, -0.15) is 0 Å². The highest BCUT2D eigenvalue weighted by Gasteiger charge is 2.32. The van der Waals surface area contributed by atoms with Crippen molar-refractivity contribution in [3.63, 3.8) is 0 Å². The number of aromatic amines is 1. The molecule has 0 radical (unpaired) electrons. The highest BCUT2D eigenvalue weighted by molar-refractivity contribution is 5.97. The summed E-state index contributed by atoms with van der Waals surface area (Å²) >= 11 is 0. The number of carbonyl (C=O) groups excluding carboxylic acids is 5. The summed E-state index contributed by atoms with van der Waals surface area (Å²) in [5.74, 6) is -8.12. The van der Waals surface area contributed by atoms with Crippen LogP contribution in [0, 0.1) is 0 Å². The average Bonchev–Trinajstić information content (AvgIpc) is 3.27. The molecule has 5 amide bonds. The number of amides is 5. The van der Waals surface area contributed by atoms with E-state index in [2.05, 4.69) is 20.6 Å². The van der Waals surface area contributed by atoms with Gasteiger partial charge in [0.05, 0.1) is 25.2 Å². The molecule has 1 aromatic rings. The van der Waals surface area contributed by atoms with Gasteiger partial charge in [0.15, 0.2) is 0 Å². The van der Waals surface area contributed by atoms with Crippen LogP contribution in [0.4, 0.5) is 0 Å². The maximum atomic E-state index is 12.7. The number of aromatic nitrogens is 2. The van der Waals surface area contributed by atoms with E-state index in [1.54, 1.807) is 0 Å². The van der Waals surface area contributed by atoms with E-state index in [0.717, 1.165) is 0 Å². The summed E-state index contributed by atoms with van der Waals surface area (Å²) in [6.07, 6.45) is 0.311. The molecule has 36 heavy (non-hydrogen) atoms. The van der Waals surface area contributed by atoms with Gasteiger partial charge in [0.2, 0.25) is 29.5 Å². The first-order valence-corrected chi connectivity index (χ1v) is 10.4. The Bertz CT molecular complexity index is 982. The first kappa shape index (κ1) is 29.5. The van der Waals surface area contributed by atoms with Crippen LogP contribution in [-0.4, -0.2) is 85.8 Å². The van der Waals surface area contributed by atoms with Crippen molar-refractivity contribution in [3.8, 4) is 0 Å². The minimum Gasteiger partial charge on any atom is -0.481 e. The third-order valence-corrected chi connectivity index (χ3v) is 4.68. The largest absolute Gasteiger partial charge is 0.481 e. The lowest BCUT2D eigenvalue weighted by Gasteiger charge is -2.24. The zero-order valence-electron chi connectivity index (χ0n) is 18.9. The summed E-state index contributed by atoms with van der Waals surface area (Å²) in [6, 6.07) is -6.22. The van der Waals surface area contributed by atoms with Gasteiger partial charge in [0, 0.05) is 24.7 Å². The molecule has 0 aromatic carbocycles. The number of carboxylic acid groups (broad SMARTS) is 2. The molecule has 4 unspecified atom stereocenters. The predicted molar refractivity (Wildman–Crippen MR) is 118 cm³/mol. The normalized spacial score (nSPS) is 13.9. The molecule has 0 aliphatic carbocycles. The van der Waals surface area contributed by atoms with Gasteiger partial charge >= 0.3 is 11.9 Å². The minimum absolute atomic E-state index is 0.00265. The molecule has 12 N–H and O–H groups in total. The molecular formula is C19H28N8O9. The lowest BCUT2D eigenvalue weighted by molar-refractivity contribution is -0.144. The van der Waals surface area contributed by atoms with Crippen molar-refractivity contribution >= 4 is 41.5 Å². The quantitative estimate of drug-likeness (QED) is 0.101. The number of H-pyrrole nitrogens is 1. The first-order chi connectivity index (χ1) is 16.8. The fraction of sp³-hybridized carbons (Fsp3) is 0.474. The van der Waals surface area contributed by atoms with Gasteiger partial charge in [-0.25, -0.2) is 9.78 Å². The van der Waals surface area contributed by atoms with Crippen molar-refractivity contribution in [2.45, 2.75) is 56.3 Å². The van der Waals surface area contributed by atoms with Crippen molar-refractivity contribution in [2.24, 2.45) is 17.2 Å². The van der Waals surface area contributed by atoms with Gasteiger partial charge in [-0.1, -0.05) is 0 Å². The van der Waals surface area contributed by atoms with E-state index in [9.17, 15) is 38.7 Å². The molecule has 0 saturated heterocycles. The molecule has 0 saturated carbocycles. The van der Waals surface area contributed by atoms with E-state index in [4.69, 9.17) is 22.3 Å². The summed E-state index contributed by atoms with van der Waals surface area (Å²) in [5, 5.41) is 24.6. The average molecular weight is 512 g/mol. The predicted octanol–water partition coefficient (Wildman–Crippen LogP) is -4.57. The van der Waals surface area contributed by atoms with Crippen LogP contribution >= 0.6 is 0 Å². The fourth-order valence-corrected chi connectivity index (χ4v) is 2.89. The Morgan fingerprint density at radius 1 is 0.861 bits per heavy atom. The third-order valence-electron chi connectivity index (χ3n) is 4.68. The Labute approximate surface area is 203 Å². The number of nitrogens with two attached hydrogens (primary N) is 3. The van der Waals surface area contributed by atoms with Crippen molar-refractivity contribution in [1.82, 2.24) is 25.9 Å². The zero-order valence-corrected chi connectivity index (χ0v) is 18.9. The van der Waals surface area contributed by atoms with Gasteiger partial charge < -0.3 is 48.3 Å². The van der Waals surface area contributed by atoms with E-state index in [0.29, 0.717) is 5.69 Å². The molecule has 198 valence electrons. The number of nitrogens with one attached hydrogen (secondary N) is 4. The van der Waals surface area contributed by atoms with Gasteiger partial charge in [-0.3, -0.25) is 28.8 Å². The highest BCUT2D eigenvalue weighted by atomic mass is 16.4. The third kappa shape index (κ3) is 10.6. The van der Waals surface area contributed by atoms with Crippen molar-refractivity contribution in [2.75, 3.05) is 0 Å². The number of rotatable bonds is 16. The Morgan fingerprint density at radius 2 is 1.42 bits per heavy atom. The summed E-state index contributed by atoms with van der Waals surface area (Å²) in [4.78, 5) is 89.2. The smallest absolute Gasteiger partial charge is 0.326 e. The molecule has 1 aromatic heterocycles. The second-order valence-corrected chi connectivity index (χ2v) is 7.68. The van der Waals surface area contributed by atoms with Crippen molar-refractivity contribution in [3.05, 3.63) is 18.2 Å². The standard InChI is InChI=1S/C19H28N8O9/c20-9(3-8-6-23-7-24-8)16(32)26-11(4-14(22)29)17(33)27-12(5-15(30)31)18(34)25-10(19(35)36)1-2-13(21)28/h6-7,9-12H,1-5,20H2,(H2,21,28)(H2,22,29)(H,23,24)(H,25,34)(H,26,32)(H,27,33)(H,30,31)(H,35,36). The lowest BCUT2D eigenvalue weighted by Crippen LogP contribution is -2.58. The van der Waals surface area contributed by atoms with Crippen LogP contribution in [-0.2, 0) is 40.0 Å². The molecule has 4 atom stereocenters. The zero-order chi connectivity index (χ0) is 27.4. The number of hydrogen-bond acceptors (Lipinski definition) is 9. The van der Waals surface area contributed by atoms with Crippen LogP contribution < -0.4 is 33.2 Å². The molecule has 17 heteroatoms. The van der Waals surface area contributed by atoms with Gasteiger partial charge in [0.1, 0.15) is 18.1 Å². The molecular weight excluding hydrogens is 484 g/mol. The summed E-state index contributed by atoms with van der Waals surface area (Å²) in [5.41, 5.74) is 16.4. The molecule has 0 fully saturated rings. The Hall–Kier alpha value is -4.54. The number of hydrogen-bond donors (Lipinski definition) is 9. The molecule has 0 spiro atoms. The number of primary amides is 2. The maximum absolute atomic E-state index is 12.7. The monoisotopic (exact) mass is 512 g/mol. The molecule has 1 heterocycles. The number of imidazole rings is 1. The van der Waals surface area contributed by atoms with E-state index in [1.165, 1.54) is 12.5 Å². The Morgan fingerprint density at radius 3 is 1.89 bits per heavy atom. The van der Waals surface area contributed by atoms with Crippen LogP contribution in [0.25, 0.3) is 0 Å². The summed E-state index contributed by atoms with van der Waals surface area (Å²) in [7, 11) is 0. The second-order valence-electron chi connectivity index (χ2n) is 7.68. The summed E-state index contributed by atoms with van der Waals surface area (Å²) < 4.78 is 0. The van der Waals surface area contributed by atoms with Gasteiger partial charge in [0.25, 0.3) is 0 Å². The lowest BCUT2D eigenvalue weighted by atomic mass is 10.1. The first-order valence-electron chi connectivity index (χ1n) is 10.4. The van der Waals surface area contributed by atoms with Crippen LogP contribution in [0.15, 0.2) is 12.5 Å². The van der Waals surface area contributed by atoms with Crippen molar-refractivity contribution in [1.29, 1.82) is 0 Å². The highest BCUT2D eigenvalue weighted by Crippen LogP contribution is 2.03. The van der Waals surface area contributed by atoms with Gasteiger partial charge in [-0.05, 0) is 6.42 Å². The maximum Gasteiger partial charge on any atom is 0.326 e. The number of aliphatic carboxylic acids is 2. The van der Waals surface area contributed by atoms with Crippen LogP contribution in [0.5, 0.6) is 0 Å². The van der Waals surface area contributed by atoms with E-state index in [1.807, 2.05) is 5.32 Å². The number of carboxylic acids is 2. The summed E-state index contributed by atoms with van der Waals surface area (Å²) in [6.45, 7) is 0. The molecule has 0 aliphatic heterocycles. The topological polar surface area (TPSA) is 303 Å². The van der Waals surface area contributed by atoms with Crippen LogP contribution in [0.1, 0.15) is 31.4 Å². The number of nitrogens with zero attached hydrogens (tertiary/aromatic N) is 1. The van der Waals surface area contributed by atoms with Crippen LogP contribution in [0.2, 0.25) is 0 Å². The van der Waals surface area contributed by atoms with E-state index >= 15 is 0 Å². The van der Waals surface area contributed by atoms with Gasteiger partial charge in [-0.15, -0.1) is 0 Å². The molecule has 1 rings (SSSR count). The minimum atomic E-state index is -1.81. The Kier molecular flexibility index (Phi) is 11.5. The van der Waals surface area contributed by atoms with Crippen molar-refractivity contribution < 1.29 is 43.8 Å². The molecule has 0 bridgehead atoms. The van der Waals surface area contributed by atoms with Crippen LogP contribution in [0.3, 0.4) is 0 Å². The van der Waals surface area contributed by atoms with E-state index < -0.39 is 91.3 Å². The second kappa shape index (κ2) is 14.0. The number of carbonyl (C=O) groups is 7. The Balaban J connectivity index is 2.96. The molecule has 17 nitrogen and oxygen atoms in total.